The molecule has 1 saturated heterocycles. The molecule has 2 aromatic rings. The van der Waals surface area contributed by atoms with E-state index in [1.165, 1.54) is 0 Å². The Balaban J connectivity index is 1.67. The van der Waals surface area contributed by atoms with E-state index in [0.29, 0.717) is 16.8 Å². The number of benzene rings is 2. The summed E-state index contributed by atoms with van der Waals surface area (Å²) in [6, 6.07) is 16.2. The summed E-state index contributed by atoms with van der Waals surface area (Å²) in [5, 5.41) is 2.85. The van der Waals surface area contributed by atoms with Crippen LogP contribution in [0.1, 0.15) is 27.6 Å². The average Bonchev–Trinajstić information content (AvgIpc) is 2.68. The van der Waals surface area contributed by atoms with Gasteiger partial charge in [0.25, 0.3) is 11.8 Å². The molecule has 3 rings (SSSR count). The highest BCUT2D eigenvalue weighted by atomic mass is 16.2. The summed E-state index contributed by atoms with van der Waals surface area (Å²) < 4.78 is 0. The molecule has 0 unspecified atom stereocenters. The van der Waals surface area contributed by atoms with Gasteiger partial charge in [0.15, 0.2) is 0 Å². The average molecular weight is 337 g/mol. The van der Waals surface area contributed by atoms with E-state index in [4.69, 9.17) is 0 Å². The predicted molar refractivity (Wildman–Crippen MR) is 98.9 cm³/mol. The molecule has 1 aliphatic rings. The molecule has 2 amide bonds. The van der Waals surface area contributed by atoms with Gasteiger partial charge in [-0.2, -0.15) is 0 Å². The standard InChI is InChI=1S/C20H23N3O2/c1-2-22-11-13-23(14-12-22)20(25)17-9-6-10-18(15-17)21-19(24)16-7-4-3-5-8-16/h3-10,15H,2,11-14H2,1H3,(H,21,24). The number of hydrogen-bond acceptors (Lipinski definition) is 3. The van der Waals surface area contributed by atoms with Gasteiger partial charge < -0.3 is 15.1 Å². The molecule has 0 atom stereocenters. The van der Waals surface area contributed by atoms with Crippen molar-refractivity contribution in [3.05, 3.63) is 65.7 Å². The number of hydrogen-bond donors (Lipinski definition) is 1. The number of amides is 2. The van der Waals surface area contributed by atoms with Crippen LogP contribution in [0.3, 0.4) is 0 Å². The van der Waals surface area contributed by atoms with Crippen LogP contribution in [0.15, 0.2) is 54.6 Å². The Morgan fingerprint density at radius 1 is 0.920 bits per heavy atom. The maximum atomic E-state index is 12.7. The van der Waals surface area contributed by atoms with Crippen molar-refractivity contribution in [2.24, 2.45) is 0 Å². The first-order chi connectivity index (χ1) is 12.2. The largest absolute Gasteiger partial charge is 0.336 e. The summed E-state index contributed by atoms with van der Waals surface area (Å²) in [5.74, 6) is -0.159. The molecule has 0 bridgehead atoms. The van der Waals surface area contributed by atoms with Crippen LogP contribution in [0.4, 0.5) is 5.69 Å². The molecule has 1 fully saturated rings. The van der Waals surface area contributed by atoms with Gasteiger partial charge in [0.05, 0.1) is 0 Å². The van der Waals surface area contributed by atoms with Crippen LogP contribution < -0.4 is 5.32 Å². The van der Waals surface area contributed by atoms with E-state index in [0.717, 1.165) is 32.7 Å². The quantitative estimate of drug-likeness (QED) is 0.933. The third-order valence-corrected chi connectivity index (χ3v) is 4.51. The second-order valence-corrected chi connectivity index (χ2v) is 6.13. The van der Waals surface area contributed by atoms with Gasteiger partial charge in [0.1, 0.15) is 0 Å². The highest BCUT2D eigenvalue weighted by molar-refractivity contribution is 6.05. The number of nitrogens with zero attached hydrogens (tertiary/aromatic N) is 2. The van der Waals surface area contributed by atoms with Gasteiger partial charge in [0, 0.05) is 43.0 Å². The summed E-state index contributed by atoms with van der Waals surface area (Å²) in [6.45, 7) is 6.46. The Morgan fingerprint density at radius 2 is 1.60 bits per heavy atom. The van der Waals surface area contributed by atoms with Crippen molar-refractivity contribution in [1.29, 1.82) is 0 Å². The molecule has 0 aromatic heterocycles. The van der Waals surface area contributed by atoms with Crippen molar-refractivity contribution >= 4 is 17.5 Å². The molecule has 1 heterocycles. The molecule has 5 heteroatoms. The van der Waals surface area contributed by atoms with Gasteiger partial charge in [-0.15, -0.1) is 0 Å². The van der Waals surface area contributed by atoms with Gasteiger partial charge >= 0.3 is 0 Å². The number of carbonyl (C=O) groups excluding carboxylic acids is 2. The number of rotatable bonds is 4. The highest BCUT2D eigenvalue weighted by Gasteiger charge is 2.21. The molecule has 0 radical (unpaired) electrons. The summed E-state index contributed by atoms with van der Waals surface area (Å²) in [5.41, 5.74) is 1.83. The molecular formula is C20H23N3O2. The van der Waals surface area contributed by atoms with Crippen molar-refractivity contribution < 1.29 is 9.59 Å². The van der Waals surface area contributed by atoms with Crippen molar-refractivity contribution in [1.82, 2.24) is 9.80 Å². The van der Waals surface area contributed by atoms with E-state index in [1.807, 2.05) is 23.1 Å². The van der Waals surface area contributed by atoms with Crippen LogP contribution in [0.25, 0.3) is 0 Å². The molecule has 25 heavy (non-hydrogen) atoms. The van der Waals surface area contributed by atoms with E-state index < -0.39 is 0 Å². The zero-order valence-corrected chi connectivity index (χ0v) is 14.4. The first-order valence-corrected chi connectivity index (χ1v) is 8.65. The van der Waals surface area contributed by atoms with Gasteiger partial charge in [0.2, 0.25) is 0 Å². The first kappa shape index (κ1) is 17.2. The first-order valence-electron chi connectivity index (χ1n) is 8.65. The van der Waals surface area contributed by atoms with Crippen LogP contribution in [0.5, 0.6) is 0 Å². The summed E-state index contributed by atoms with van der Waals surface area (Å²) in [4.78, 5) is 29.2. The molecule has 0 saturated carbocycles. The van der Waals surface area contributed by atoms with Gasteiger partial charge in [-0.25, -0.2) is 0 Å². The fraction of sp³-hybridized carbons (Fsp3) is 0.300. The molecule has 0 aliphatic carbocycles. The molecule has 5 nitrogen and oxygen atoms in total. The number of nitrogens with one attached hydrogen (secondary N) is 1. The minimum Gasteiger partial charge on any atom is -0.336 e. The Kier molecular flexibility index (Phi) is 5.46. The zero-order valence-electron chi connectivity index (χ0n) is 14.4. The van der Waals surface area contributed by atoms with Gasteiger partial charge in [-0.3, -0.25) is 9.59 Å². The lowest BCUT2D eigenvalue weighted by molar-refractivity contribution is 0.0643. The second-order valence-electron chi connectivity index (χ2n) is 6.13. The number of likely N-dealkylation sites (N-methyl/N-ethyl adjacent to an activating group) is 1. The summed E-state index contributed by atoms with van der Waals surface area (Å²) >= 11 is 0. The van der Waals surface area contributed by atoms with Crippen LogP contribution in [0.2, 0.25) is 0 Å². The smallest absolute Gasteiger partial charge is 0.255 e. The normalized spacial score (nSPS) is 15.0. The van der Waals surface area contributed by atoms with E-state index in [2.05, 4.69) is 17.1 Å². The second kappa shape index (κ2) is 7.94. The maximum absolute atomic E-state index is 12.7. The minimum atomic E-state index is -0.179. The van der Waals surface area contributed by atoms with Crippen LogP contribution >= 0.6 is 0 Å². The van der Waals surface area contributed by atoms with Crippen molar-refractivity contribution in [2.45, 2.75) is 6.92 Å². The molecular weight excluding hydrogens is 314 g/mol. The Hall–Kier alpha value is -2.66. The number of carbonyl (C=O) groups is 2. The van der Waals surface area contributed by atoms with E-state index in [1.54, 1.807) is 36.4 Å². The Labute approximate surface area is 148 Å². The molecule has 0 spiro atoms. The lowest BCUT2D eigenvalue weighted by Crippen LogP contribution is -2.48. The van der Waals surface area contributed by atoms with Gasteiger partial charge in [-0.05, 0) is 36.9 Å². The maximum Gasteiger partial charge on any atom is 0.255 e. The van der Waals surface area contributed by atoms with Crippen LogP contribution in [0, 0.1) is 0 Å². The molecule has 1 N–H and O–H groups in total. The molecule has 2 aromatic carbocycles. The SMILES string of the molecule is CCN1CCN(C(=O)c2cccc(NC(=O)c3ccccc3)c2)CC1. The van der Waals surface area contributed by atoms with Gasteiger partial charge in [-0.1, -0.05) is 31.2 Å². The molecule has 1 aliphatic heterocycles. The van der Waals surface area contributed by atoms with Crippen molar-refractivity contribution in [3.63, 3.8) is 0 Å². The fourth-order valence-corrected chi connectivity index (χ4v) is 2.97. The lowest BCUT2D eigenvalue weighted by atomic mass is 10.1. The summed E-state index contributed by atoms with van der Waals surface area (Å²) in [7, 11) is 0. The highest BCUT2D eigenvalue weighted by Crippen LogP contribution is 2.15. The third-order valence-electron chi connectivity index (χ3n) is 4.51. The number of piperazine rings is 1. The lowest BCUT2D eigenvalue weighted by Gasteiger charge is -2.34. The topological polar surface area (TPSA) is 52.6 Å². The van der Waals surface area contributed by atoms with E-state index in [9.17, 15) is 9.59 Å². The van der Waals surface area contributed by atoms with Crippen molar-refractivity contribution in [3.8, 4) is 0 Å². The van der Waals surface area contributed by atoms with Crippen LogP contribution in [-0.2, 0) is 0 Å². The predicted octanol–water partition coefficient (Wildman–Crippen LogP) is 2.72. The van der Waals surface area contributed by atoms with E-state index >= 15 is 0 Å². The van der Waals surface area contributed by atoms with Crippen molar-refractivity contribution in [2.75, 3.05) is 38.0 Å². The number of anilines is 1. The zero-order chi connectivity index (χ0) is 17.6. The molecule has 130 valence electrons. The monoisotopic (exact) mass is 337 g/mol. The summed E-state index contributed by atoms with van der Waals surface area (Å²) in [6.07, 6.45) is 0. The Morgan fingerprint density at radius 3 is 2.28 bits per heavy atom. The minimum absolute atomic E-state index is 0.0200. The fourth-order valence-electron chi connectivity index (χ4n) is 2.97. The Bertz CT molecular complexity index is 738. The third kappa shape index (κ3) is 4.25. The van der Waals surface area contributed by atoms with E-state index in [-0.39, 0.29) is 11.8 Å². The van der Waals surface area contributed by atoms with Crippen LogP contribution in [-0.4, -0.2) is 54.3 Å².